The Bertz CT molecular complexity index is 788. The van der Waals surface area contributed by atoms with E-state index in [1.807, 2.05) is 0 Å². The largest absolute Gasteiger partial charge is 0.508 e. The Morgan fingerprint density at radius 1 is 1.11 bits per heavy atom. The smallest absolute Gasteiger partial charge is 0.133 e. The van der Waals surface area contributed by atoms with Gasteiger partial charge in [0.05, 0.1) is 19.3 Å². The van der Waals surface area contributed by atoms with Crippen molar-refractivity contribution in [3.8, 4) is 11.5 Å². The van der Waals surface area contributed by atoms with E-state index in [-0.39, 0.29) is 41.8 Å². The maximum atomic E-state index is 10.7. The summed E-state index contributed by atoms with van der Waals surface area (Å²) < 4.78 is 6.78. The van der Waals surface area contributed by atoms with Crippen LogP contribution in [0.5, 0.6) is 11.5 Å². The van der Waals surface area contributed by atoms with Gasteiger partial charge in [-0.05, 0) is 54.6 Å². The van der Waals surface area contributed by atoms with E-state index in [0.717, 1.165) is 31.2 Å². The summed E-state index contributed by atoms with van der Waals surface area (Å²) in [5.74, 6) is 1.30. The first-order valence-electron chi connectivity index (χ1n) is 10.6. The fraction of sp³-hybridized carbons (Fsp3) is 0.739. The number of rotatable bonds is 2. The van der Waals surface area contributed by atoms with Crippen LogP contribution in [0.3, 0.4) is 0 Å². The first-order chi connectivity index (χ1) is 13.1. The average Bonchev–Trinajstić information content (AvgIpc) is 3.06. The van der Waals surface area contributed by atoms with Gasteiger partial charge in [0.2, 0.25) is 0 Å². The van der Waals surface area contributed by atoms with Gasteiger partial charge in [0.25, 0.3) is 0 Å². The Morgan fingerprint density at radius 3 is 2.46 bits per heavy atom. The lowest BCUT2D eigenvalue weighted by atomic mass is 9.43. The fourth-order valence-corrected chi connectivity index (χ4v) is 6.91. The molecule has 4 N–H and O–H groups in total. The summed E-state index contributed by atoms with van der Waals surface area (Å²) in [5, 5.41) is 41.0. The summed E-state index contributed by atoms with van der Waals surface area (Å²) in [4.78, 5) is 0. The second-order valence-electron chi connectivity index (χ2n) is 10.1. The number of phenolic OH excluding ortho intramolecular Hbond substituents is 1. The van der Waals surface area contributed by atoms with Crippen molar-refractivity contribution in [1.29, 1.82) is 0 Å². The second-order valence-corrected chi connectivity index (χ2v) is 10.1. The van der Waals surface area contributed by atoms with Crippen molar-refractivity contribution in [2.75, 3.05) is 0 Å². The molecule has 1 aromatic carbocycles. The molecule has 1 spiro atoms. The third-order valence-electron chi connectivity index (χ3n) is 8.72. The van der Waals surface area contributed by atoms with Crippen LogP contribution in [-0.4, -0.2) is 32.1 Å². The number of hydrogen-bond acceptors (Lipinski definition) is 5. The molecular formula is C23H34O5. The van der Waals surface area contributed by atoms with Crippen molar-refractivity contribution in [1.82, 2.24) is 0 Å². The zero-order chi connectivity index (χ0) is 20.5. The lowest BCUT2D eigenvalue weighted by molar-refractivity contribution is -0.210. The molecule has 2 aliphatic carbocycles. The number of aliphatic hydroxyl groups is 3. The monoisotopic (exact) mass is 390 g/mol. The van der Waals surface area contributed by atoms with Gasteiger partial charge in [0.1, 0.15) is 17.1 Å². The van der Waals surface area contributed by atoms with Gasteiger partial charge in [0, 0.05) is 23.0 Å². The van der Waals surface area contributed by atoms with Crippen LogP contribution in [0, 0.1) is 22.7 Å². The van der Waals surface area contributed by atoms with Crippen LogP contribution in [0.25, 0.3) is 0 Å². The van der Waals surface area contributed by atoms with E-state index in [1.165, 1.54) is 0 Å². The minimum absolute atomic E-state index is 0.140. The van der Waals surface area contributed by atoms with Crippen molar-refractivity contribution in [3.63, 3.8) is 0 Å². The van der Waals surface area contributed by atoms with Crippen LogP contribution in [0.1, 0.15) is 70.1 Å². The summed E-state index contributed by atoms with van der Waals surface area (Å²) in [5.41, 5.74) is 1.02. The van der Waals surface area contributed by atoms with Gasteiger partial charge < -0.3 is 25.2 Å². The van der Waals surface area contributed by atoms with Crippen LogP contribution in [0.4, 0.5) is 0 Å². The van der Waals surface area contributed by atoms with Crippen molar-refractivity contribution in [2.24, 2.45) is 22.7 Å². The molecule has 1 heterocycles. The average molecular weight is 391 g/mol. The highest BCUT2D eigenvalue weighted by atomic mass is 16.5. The van der Waals surface area contributed by atoms with Gasteiger partial charge in [-0.25, -0.2) is 0 Å². The van der Waals surface area contributed by atoms with Crippen LogP contribution in [-0.2, 0) is 19.6 Å². The number of ether oxygens (including phenoxy) is 1. The third-order valence-corrected chi connectivity index (χ3v) is 8.72. The standard InChI is InChI=1S/C23H34O5/c1-13-5-6-18-21(2,3)19(27)7-8-22(18,4)23(13)10-15-17(26)9-14(11-24)16(12-25)20(15)28-23/h9,13,18-19,24-27H,5-8,10-12H2,1-4H3/t13-,18+,19+,22+,23-/m1/s1. The lowest BCUT2D eigenvalue weighted by Gasteiger charge is -2.64. The van der Waals surface area contributed by atoms with Crippen LogP contribution in [0.2, 0.25) is 0 Å². The van der Waals surface area contributed by atoms with Crippen LogP contribution >= 0.6 is 0 Å². The van der Waals surface area contributed by atoms with E-state index in [1.54, 1.807) is 6.07 Å². The predicted octanol–water partition coefficient (Wildman–Crippen LogP) is 3.28. The van der Waals surface area contributed by atoms with Crippen molar-refractivity contribution < 1.29 is 25.2 Å². The molecule has 5 nitrogen and oxygen atoms in total. The van der Waals surface area contributed by atoms with Gasteiger partial charge in [-0.1, -0.05) is 27.7 Å². The third kappa shape index (κ3) is 2.36. The van der Waals surface area contributed by atoms with Gasteiger partial charge in [-0.15, -0.1) is 0 Å². The summed E-state index contributed by atoms with van der Waals surface area (Å²) in [6, 6.07) is 1.56. The molecular weight excluding hydrogens is 356 g/mol. The second kappa shape index (κ2) is 6.35. The zero-order valence-corrected chi connectivity index (χ0v) is 17.5. The summed E-state index contributed by atoms with van der Waals surface area (Å²) in [7, 11) is 0. The van der Waals surface area contributed by atoms with Crippen molar-refractivity contribution >= 4 is 0 Å². The summed E-state index contributed by atoms with van der Waals surface area (Å²) in [6.45, 7) is 8.40. The summed E-state index contributed by atoms with van der Waals surface area (Å²) in [6.07, 6.45) is 3.98. The minimum atomic E-state index is -0.481. The van der Waals surface area contributed by atoms with Gasteiger partial charge in [-0.2, -0.15) is 0 Å². The van der Waals surface area contributed by atoms with Crippen molar-refractivity contribution in [3.05, 3.63) is 22.8 Å². The molecule has 0 unspecified atom stereocenters. The Morgan fingerprint density at radius 2 is 1.82 bits per heavy atom. The topological polar surface area (TPSA) is 90.2 Å². The van der Waals surface area contributed by atoms with E-state index >= 15 is 0 Å². The number of aliphatic hydroxyl groups excluding tert-OH is 3. The van der Waals surface area contributed by atoms with E-state index in [2.05, 4.69) is 27.7 Å². The van der Waals surface area contributed by atoms with Crippen molar-refractivity contribution in [2.45, 2.75) is 84.7 Å². The molecule has 3 aliphatic rings. The first kappa shape index (κ1) is 20.0. The molecule has 28 heavy (non-hydrogen) atoms. The van der Waals surface area contributed by atoms with E-state index in [9.17, 15) is 20.4 Å². The molecule has 0 bridgehead atoms. The highest BCUT2D eigenvalue weighted by Gasteiger charge is 2.67. The highest BCUT2D eigenvalue weighted by molar-refractivity contribution is 5.57. The Kier molecular flexibility index (Phi) is 4.53. The zero-order valence-electron chi connectivity index (χ0n) is 17.5. The number of phenols is 1. The fourth-order valence-electron chi connectivity index (χ4n) is 6.91. The molecule has 1 aromatic rings. The van der Waals surface area contributed by atoms with E-state index in [0.29, 0.717) is 29.2 Å². The normalized spacial score (nSPS) is 38.8. The Hall–Kier alpha value is -1.30. The molecule has 2 saturated carbocycles. The molecule has 156 valence electrons. The van der Waals surface area contributed by atoms with Crippen LogP contribution in [0.15, 0.2) is 6.07 Å². The highest BCUT2D eigenvalue weighted by Crippen LogP contribution is 2.66. The molecule has 0 radical (unpaired) electrons. The minimum Gasteiger partial charge on any atom is -0.508 e. The predicted molar refractivity (Wildman–Crippen MR) is 106 cm³/mol. The van der Waals surface area contributed by atoms with Crippen LogP contribution < -0.4 is 4.74 Å². The number of hydrogen-bond donors (Lipinski definition) is 4. The first-order valence-corrected chi connectivity index (χ1v) is 10.6. The number of benzene rings is 1. The molecule has 0 saturated heterocycles. The maximum absolute atomic E-state index is 10.7. The molecule has 2 fully saturated rings. The SMILES string of the molecule is C[C@@H]1CC[C@H]2C(C)(C)[C@@H](O)CC[C@]2(C)[C@@]12Cc1c(O)cc(CO)c(CO)c1O2. The van der Waals surface area contributed by atoms with E-state index < -0.39 is 5.60 Å². The Balaban J connectivity index is 1.86. The number of aromatic hydroxyl groups is 1. The molecule has 1 aliphatic heterocycles. The van der Waals surface area contributed by atoms with Gasteiger partial charge in [0.15, 0.2) is 0 Å². The molecule has 0 aromatic heterocycles. The Labute approximate surface area is 167 Å². The van der Waals surface area contributed by atoms with Gasteiger partial charge >= 0.3 is 0 Å². The number of fused-ring (bicyclic) bond motifs is 3. The maximum Gasteiger partial charge on any atom is 0.133 e. The lowest BCUT2D eigenvalue weighted by Crippen LogP contribution is -2.66. The quantitative estimate of drug-likeness (QED) is 0.622. The molecule has 0 amide bonds. The van der Waals surface area contributed by atoms with Gasteiger partial charge in [-0.3, -0.25) is 0 Å². The summed E-state index contributed by atoms with van der Waals surface area (Å²) >= 11 is 0. The molecule has 5 atom stereocenters. The molecule has 4 rings (SSSR count). The molecule has 5 heteroatoms. The van der Waals surface area contributed by atoms with E-state index in [4.69, 9.17) is 4.74 Å².